The summed E-state index contributed by atoms with van der Waals surface area (Å²) in [7, 11) is 0. The second kappa shape index (κ2) is 9.38. The lowest BCUT2D eigenvalue weighted by Crippen LogP contribution is -2.47. The maximum absolute atomic E-state index is 6.36. The molecule has 1 saturated heterocycles. The third-order valence-corrected chi connectivity index (χ3v) is 6.05. The predicted molar refractivity (Wildman–Crippen MR) is 118 cm³/mol. The third-order valence-electron chi connectivity index (χ3n) is 5.69. The average molecular weight is 391 g/mol. The van der Waals surface area contributed by atoms with Gasteiger partial charge >= 0.3 is 0 Å². The monoisotopic (exact) mass is 390 g/mol. The third kappa shape index (κ3) is 4.82. The number of halogens is 1. The highest BCUT2D eigenvalue weighted by atomic mass is 35.5. The summed E-state index contributed by atoms with van der Waals surface area (Å²) in [6.07, 6.45) is 1.14. The topological polar surface area (TPSA) is 15.3 Å². The lowest BCUT2D eigenvalue weighted by atomic mass is 9.85. The van der Waals surface area contributed by atoms with Crippen LogP contribution in [0.2, 0.25) is 5.02 Å². The van der Waals surface area contributed by atoms with Crippen molar-refractivity contribution < 1.29 is 0 Å². The van der Waals surface area contributed by atoms with E-state index < -0.39 is 0 Å². The maximum atomic E-state index is 6.36. The number of nitrogens with zero attached hydrogens (tertiary/aromatic N) is 1. The van der Waals surface area contributed by atoms with Gasteiger partial charge in [-0.15, -0.1) is 0 Å². The highest BCUT2D eigenvalue weighted by molar-refractivity contribution is 6.31. The fourth-order valence-electron chi connectivity index (χ4n) is 4.17. The Morgan fingerprint density at radius 1 is 0.857 bits per heavy atom. The summed E-state index contributed by atoms with van der Waals surface area (Å²) >= 11 is 6.36. The normalized spacial score (nSPS) is 20.2. The fraction of sp³-hybridized carbons (Fsp3) is 0.280. The van der Waals surface area contributed by atoms with Crippen LogP contribution < -0.4 is 5.32 Å². The quantitative estimate of drug-likeness (QED) is 0.598. The summed E-state index contributed by atoms with van der Waals surface area (Å²) in [6.45, 7) is 4.01. The van der Waals surface area contributed by atoms with E-state index in [1.807, 2.05) is 12.1 Å². The van der Waals surface area contributed by atoms with Crippen LogP contribution in [-0.2, 0) is 13.1 Å². The van der Waals surface area contributed by atoms with Gasteiger partial charge in [-0.05, 0) is 29.2 Å². The van der Waals surface area contributed by atoms with Gasteiger partial charge in [0, 0.05) is 43.2 Å². The molecule has 0 aromatic heterocycles. The standard InChI is InChI=1S/C25H27ClN2/c26-24-14-8-7-13-22(24)17-27-25-15-16-28(18-20-9-3-1-4-10-20)19-23(25)21-11-5-2-6-12-21/h1-14,23,25,27H,15-19H2/t23-,25+/m1/s1. The van der Waals surface area contributed by atoms with E-state index in [1.54, 1.807) is 0 Å². The van der Waals surface area contributed by atoms with Crippen molar-refractivity contribution in [3.63, 3.8) is 0 Å². The van der Waals surface area contributed by atoms with Crippen LogP contribution in [0.5, 0.6) is 0 Å². The van der Waals surface area contributed by atoms with Crippen LogP contribution in [0.15, 0.2) is 84.9 Å². The number of hydrogen-bond acceptors (Lipinski definition) is 2. The van der Waals surface area contributed by atoms with Gasteiger partial charge in [0.1, 0.15) is 0 Å². The summed E-state index contributed by atoms with van der Waals surface area (Å²) in [5, 5.41) is 4.64. The van der Waals surface area contributed by atoms with E-state index in [-0.39, 0.29) is 0 Å². The number of nitrogens with one attached hydrogen (secondary N) is 1. The minimum absolute atomic E-state index is 0.450. The van der Waals surface area contributed by atoms with E-state index in [0.717, 1.165) is 37.6 Å². The molecule has 3 heteroatoms. The Labute approximate surface area is 173 Å². The van der Waals surface area contributed by atoms with Crippen LogP contribution in [0, 0.1) is 0 Å². The summed E-state index contributed by atoms with van der Waals surface area (Å²) in [5.41, 5.74) is 3.97. The zero-order chi connectivity index (χ0) is 19.2. The number of hydrogen-bond donors (Lipinski definition) is 1. The molecular formula is C25H27ClN2. The lowest BCUT2D eigenvalue weighted by molar-refractivity contribution is 0.166. The van der Waals surface area contributed by atoms with Crippen molar-refractivity contribution in [3.05, 3.63) is 107 Å². The molecule has 0 aliphatic carbocycles. The molecule has 1 N–H and O–H groups in total. The molecule has 3 aromatic carbocycles. The van der Waals surface area contributed by atoms with Gasteiger partial charge in [0.2, 0.25) is 0 Å². The molecule has 1 aliphatic heterocycles. The molecule has 4 rings (SSSR count). The Hall–Kier alpha value is -2.13. The summed E-state index contributed by atoms with van der Waals surface area (Å²) in [4.78, 5) is 2.58. The zero-order valence-corrected chi connectivity index (χ0v) is 16.9. The zero-order valence-electron chi connectivity index (χ0n) is 16.1. The van der Waals surface area contributed by atoms with Crippen LogP contribution in [-0.4, -0.2) is 24.0 Å². The van der Waals surface area contributed by atoms with Crippen molar-refractivity contribution in [3.8, 4) is 0 Å². The second-order valence-corrected chi connectivity index (χ2v) is 8.01. The Morgan fingerprint density at radius 3 is 2.29 bits per heavy atom. The lowest BCUT2D eigenvalue weighted by Gasteiger charge is -2.39. The first-order chi connectivity index (χ1) is 13.8. The molecule has 0 saturated carbocycles. The van der Waals surface area contributed by atoms with Crippen molar-refractivity contribution in [1.29, 1.82) is 0 Å². The predicted octanol–water partition coefficient (Wildman–Crippen LogP) is 5.49. The average Bonchev–Trinajstić information content (AvgIpc) is 2.75. The maximum Gasteiger partial charge on any atom is 0.0450 e. The van der Waals surface area contributed by atoms with Gasteiger partial charge < -0.3 is 5.32 Å². The molecule has 0 radical (unpaired) electrons. The molecule has 2 atom stereocenters. The number of likely N-dealkylation sites (tertiary alicyclic amines) is 1. The summed E-state index contributed by atoms with van der Waals surface area (Å²) in [6, 6.07) is 30.3. The van der Waals surface area contributed by atoms with Crippen molar-refractivity contribution in [2.75, 3.05) is 13.1 Å². The van der Waals surface area contributed by atoms with Crippen LogP contribution in [0.3, 0.4) is 0 Å². The molecule has 0 amide bonds. The number of benzene rings is 3. The first kappa shape index (κ1) is 19.2. The number of piperidine rings is 1. The van der Waals surface area contributed by atoms with Crippen LogP contribution >= 0.6 is 11.6 Å². The molecule has 3 aromatic rings. The first-order valence-corrected chi connectivity index (χ1v) is 10.5. The van der Waals surface area contributed by atoms with E-state index in [4.69, 9.17) is 11.6 Å². The largest absolute Gasteiger partial charge is 0.309 e. The van der Waals surface area contributed by atoms with E-state index in [9.17, 15) is 0 Å². The van der Waals surface area contributed by atoms with Gasteiger partial charge in [-0.2, -0.15) is 0 Å². The van der Waals surface area contributed by atoms with Gasteiger partial charge in [0.15, 0.2) is 0 Å². The van der Waals surface area contributed by atoms with Crippen molar-refractivity contribution in [1.82, 2.24) is 10.2 Å². The van der Waals surface area contributed by atoms with Crippen molar-refractivity contribution >= 4 is 11.6 Å². The molecular weight excluding hydrogens is 364 g/mol. The van der Waals surface area contributed by atoms with Crippen LogP contribution in [0.1, 0.15) is 29.0 Å². The highest BCUT2D eigenvalue weighted by Crippen LogP contribution is 2.29. The highest BCUT2D eigenvalue weighted by Gasteiger charge is 2.30. The first-order valence-electron chi connectivity index (χ1n) is 10.1. The Kier molecular flexibility index (Phi) is 6.43. The molecule has 1 aliphatic rings. The molecule has 28 heavy (non-hydrogen) atoms. The van der Waals surface area contributed by atoms with E-state index in [0.29, 0.717) is 12.0 Å². The molecule has 2 nitrogen and oxygen atoms in total. The Bertz CT molecular complexity index is 866. The molecule has 0 bridgehead atoms. The van der Waals surface area contributed by atoms with Gasteiger partial charge in [0.25, 0.3) is 0 Å². The molecule has 0 unspecified atom stereocenters. The smallest absolute Gasteiger partial charge is 0.0450 e. The Balaban J connectivity index is 1.47. The summed E-state index contributed by atoms with van der Waals surface area (Å²) in [5.74, 6) is 0.473. The van der Waals surface area contributed by atoms with E-state index in [2.05, 4.69) is 83.0 Å². The van der Waals surface area contributed by atoms with Crippen LogP contribution in [0.4, 0.5) is 0 Å². The minimum atomic E-state index is 0.450. The molecule has 144 valence electrons. The molecule has 1 fully saturated rings. The van der Waals surface area contributed by atoms with E-state index in [1.165, 1.54) is 16.7 Å². The molecule has 0 spiro atoms. The minimum Gasteiger partial charge on any atom is -0.309 e. The second-order valence-electron chi connectivity index (χ2n) is 7.61. The Morgan fingerprint density at radius 2 is 1.54 bits per heavy atom. The fourth-order valence-corrected chi connectivity index (χ4v) is 4.37. The summed E-state index contributed by atoms with van der Waals surface area (Å²) < 4.78 is 0. The van der Waals surface area contributed by atoms with Crippen molar-refractivity contribution in [2.45, 2.75) is 31.5 Å². The van der Waals surface area contributed by atoms with Crippen molar-refractivity contribution in [2.24, 2.45) is 0 Å². The van der Waals surface area contributed by atoms with E-state index >= 15 is 0 Å². The van der Waals surface area contributed by atoms with Crippen LogP contribution in [0.25, 0.3) is 0 Å². The van der Waals surface area contributed by atoms with Gasteiger partial charge in [-0.3, -0.25) is 4.90 Å². The van der Waals surface area contributed by atoms with Gasteiger partial charge in [-0.1, -0.05) is 90.5 Å². The van der Waals surface area contributed by atoms with Gasteiger partial charge in [0.05, 0.1) is 0 Å². The number of rotatable bonds is 6. The molecule has 1 heterocycles. The SMILES string of the molecule is Clc1ccccc1CN[C@H]1CCN(Cc2ccccc2)C[C@@H]1c1ccccc1. The van der Waals surface area contributed by atoms with Gasteiger partial charge in [-0.25, -0.2) is 0 Å².